The lowest BCUT2D eigenvalue weighted by Gasteiger charge is -2.44. The Balaban J connectivity index is 1.75. The lowest BCUT2D eigenvalue weighted by Crippen LogP contribution is -2.48. The first-order chi connectivity index (χ1) is 14.0. The molecule has 29 heavy (non-hydrogen) atoms. The standard InChI is InChI=1S/C24H25FN2O2/c1-3-23(29)27-12-11-19-22(15-28)26(2)21-10-9-17(14-20(21)24(19)27)8-7-16-5-4-6-18(25)13-16/h4-6,9-10,13-14,19,22,24,28H,3,11-12,15H2,1-2H3/t19-,22-,24-/m0/s1. The van der Waals surface area contributed by atoms with Crippen LogP contribution in [0, 0.1) is 23.6 Å². The zero-order valence-corrected chi connectivity index (χ0v) is 16.7. The normalized spacial score (nSPS) is 22.6. The number of rotatable bonds is 2. The predicted octanol–water partition coefficient (Wildman–Crippen LogP) is 3.34. The molecule has 2 aromatic carbocycles. The number of aliphatic hydroxyl groups is 1. The van der Waals surface area contributed by atoms with Gasteiger partial charge >= 0.3 is 0 Å². The van der Waals surface area contributed by atoms with E-state index < -0.39 is 0 Å². The minimum absolute atomic E-state index is 0.00798. The van der Waals surface area contributed by atoms with Crippen molar-refractivity contribution in [2.75, 3.05) is 25.1 Å². The number of fused-ring (bicyclic) bond motifs is 3. The third-order valence-electron chi connectivity index (χ3n) is 6.15. The van der Waals surface area contributed by atoms with E-state index in [1.54, 1.807) is 12.1 Å². The second-order valence-corrected chi connectivity index (χ2v) is 7.73. The van der Waals surface area contributed by atoms with Gasteiger partial charge in [-0.05, 0) is 48.4 Å². The molecule has 2 aromatic rings. The van der Waals surface area contributed by atoms with Crippen LogP contribution in [0.3, 0.4) is 0 Å². The Morgan fingerprint density at radius 3 is 2.66 bits per heavy atom. The summed E-state index contributed by atoms with van der Waals surface area (Å²) in [5.41, 5.74) is 3.56. The van der Waals surface area contributed by atoms with Crippen molar-refractivity contribution in [3.8, 4) is 11.8 Å². The van der Waals surface area contributed by atoms with Crippen LogP contribution in [0.5, 0.6) is 0 Å². The molecule has 1 N–H and O–H groups in total. The maximum Gasteiger partial charge on any atom is 0.222 e. The SMILES string of the molecule is CCC(=O)N1CC[C@@H]2[C@H]1c1cc(C#Cc3cccc(F)c3)ccc1N(C)[C@H]2CO. The molecule has 0 spiro atoms. The zero-order valence-electron chi connectivity index (χ0n) is 16.7. The van der Waals surface area contributed by atoms with Crippen LogP contribution in [0.25, 0.3) is 0 Å². The number of hydrogen-bond donors (Lipinski definition) is 1. The zero-order chi connectivity index (χ0) is 20.5. The Kier molecular flexibility index (Phi) is 5.29. The van der Waals surface area contributed by atoms with E-state index in [1.165, 1.54) is 12.1 Å². The molecule has 4 rings (SSSR count). The molecule has 0 saturated carbocycles. The number of nitrogens with zero attached hydrogens (tertiary/aromatic N) is 2. The molecule has 1 amide bonds. The second kappa shape index (κ2) is 7.88. The highest BCUT2D eigenvalue weighted by atomic mass is 19.1. The predicted molar refractivity (Wildman–Crippen MR) is 111 cm³/mol. The van der Waals surface area contributed by atoms with Crippen molar-refractivity contribution in [1.29, 1.82) is 0 Å². The van der Waals surface area contributed by atoms with Crippen molar-refractivity contribution in [1.82, 2.24) is 4.90 Å². The van der Waals surface area contributed by atoms with Gasteiger partial charge in [0.25, 0.3) is 0 Å². The third kappa shape index (κ3) is 3.49. The molecule has 0 aromatic heterocycles. The highest BCUT2D eigenvalue weighted by Gasteiger charge is 2.47. The van der Waals surface area contributed by atoms with Gasteiger partial charge in [0.05, 0.1) is 18.7 Å². The van der Waals surface area contributed by atoms with E-state index in [4.69, 9.17) is 0 Å². The van der Waals surface area contributed by atoms with Crippen LogP contribution >= 0.6 is 0 Å². The van der Waals surface area contributed by atoms with Crippen LogP contribution in [0.1, 0.15) is 42.5 Å². The summed E-state index contributed by atoms with van der Waals surface area (Å²) in [6.45, 7) is 2.66. The lowest BCUT2D eigenvalue weighted by atomic mass is 9.81. The van der Waals surface area contributed by atoms with Gasteiger partial charge in [-0.15, -0.1) is 0 Å². The first-order valence-corrected chi connectivity index (χ1v) is 10.1. The van der Waals surface area contributed by atoms with Crippen molar-refractivity contribution < 1.29 is 14.3 Å². The first-order valence-electron chi connectivity index (χ1n) is 10.1. The smallest absolute Gasteiger partial charge is 0.222 e. The molecule has 4 nitrogen and oxygen atoms in total. The first kappa shape index (κ1) is 19.5. The Morgan fingerprint density at radius 1 is 1.21 bits per heavy atom. The van der Waals surface area contributed by atoms with E-state index >= 15 is 0 Å². The summed E-state index contributed by atoms with van der Waals surface area (Å²) in [4.78, 5) is 16.7. The fraction of sp³-hybridized carbons (Fsp3) is 0.375. The van der Waals surface area contributed by atoms with Gasteiger partial charge in [0.2, 0.25) is 5.91 Å². The van der Waals surface area contributed by atoms with Crippen molar-refractivity contribution in [3.63, 3.8) is 0 Å². The van der Waals surface area contributed by atoms with Crippen LogP contribution in [0.15, 0.2) is 42.5 Å². The van der Waals surface area contributed by atoms with E-state index in [1.807, 2.05) is 37.1 Å². The monoisotopic (exact) mass is 392 g/mol. The number of amides is 1. The van der Waals surface area contributed by atoms with Gasteiger partial charge in [-0.3, -0.25) is 4.79 Å². The van der Waals surface area contributed by atoms with Gasteiger partial charge in [0.15, 0.2) is 0 Å². The molecule has 1 saturated heterocycles. The number of carbonyl (C=O) groups is 1. The minimum Gasteiger partial charge on any atom is -0.394 e. The van der Waals surface area contributed by atoms with Crippen LogP contribution in [0.2, 0.25) is 0 Å². The molecule has 0 aliphatic carbocycles. The number of benzene rings is 2. The Morgan fingerprint density at radius 2 is 1.97 bits per heavy atom. The molecule has 2 aliphatic heterocycles. The van der Waals surface area contributed by atoms with Crippen LogP contribution in [-0.4, -0.2) is 42.2 Å². The second-order valence-electron chi connectivity index (χ2n) is 7.73. The van der Waals surface area contributed by atoms with Gasteiger partial charge in [-0.2, -0.15) is 0 Å². The molecule has 0 radical (unpaired) electrons. The summed E-state index contributed by atoms with van der Waals surface area (Å²) in [7, 11) is 2.00. The number of halogens is 1. The van der Waals surface area contributed by atoms with Gasteiger partial charge in [-0.1, -0.05) is 24.8 Å². The summed E-state index contributed by atoms with van der Waals surface area (Å²) in [6, 6.07) is 12.2. The minimum atomic E-state index is -0.304. The highest BCUT2D eigenvalue weighted by molar-refractivity contribution is 5.78. The summed E-state index contributed by atoms with van der Waals surface area (Å²) in [5, 5.41) is 10.0. The van der Waals surface area contributed by atoms with E-state index in [0.717, 1.165) is 23.2 Å². The van der Waals surface area contributed by atoms with E-state index in [-0.39, 0.29) is 36.3 Å². The lowest BCUT2D eigenvalue weighted by molar-refractivity contribution is -0.132. The van der Waals surface area contributed by atoms with Crippen LogP contribution in [-0.2, 0) is 4.79 Å². The summed E-state index contributed by atoms with van der Waals surface area (Å²) in [6.07, 6.45) is 1.35. The molecule has 3 atom stereocenters. The fourth-order valence-electron chi connectivity index (χ4n) is 4.73. The Bertz CT molecular complexity index is 994. The molecule has 5 heteroatoms. The van der Waals surface area contributed by atoms with Gasteiger partial charge in [0.1, 0.15) is 5.82 Å². The molecule has 0 unspecified atom stereocenters. The van der Waals surface area contributed by atoms with Crippen molar-refractivity contribution in [2.24, 2.45) is 5.92 Å². The van der Waals surface area contributed by atoms with Crippen LogP contribution in [0.4, 0.5) is 10.1 Å². The number of likely N-dealkylation sites (tertiary alicyclic amines) is 1. The largest absolute Gasteiger partial charge is 0.394 e. The summed E-state index contributed by atoms with van der Waals surface area (Å²) < 4.78 is 13.4. The average Bonchev–Trinajstić information content (AvgIpc) is 3.17. The summed E-state index contributed by atoms with van der Waals surface area (Å²) >= 11 is 0. The fourth-order valence-corrected chi connectivity index (χ4v) is 4.73. The number of anilines is 1. The highest BCUT2D eigenvalue weighted by Crippen LogP contribution is 2.48. The van der Waals surface area contributed by atoms with Crippen LogP contribution < -0.4 is 4.90 Å². The molecule has 150 valence electrons. The molecule has 0 bridgehead atoms. The number of likely N-dealkylation sites (N-methyl/N-ethyl adjacent to an activating group) is 1. The maximum absolute atomic E-state index is 13.4. The number of aliphatic hydroxyl groups excluding tert-OH is 1. The third-order valence-corrected chi connectivity index (χ3v) is 6.15. The molecule has 2 aliphatic rings. The quantitative estimate of drug-likeness (QED) is 0.798. The Hall–Kier alpha value is -2.84. The molecular formula is C24H25FN2O2. The summed E-state index contributed by atoms with van der Waals surface area (Å²) in [5.74, 6) is 6.18. The maximum atomic E-state index is 13.4. The average molecular weight is 392 g/mol. The Labute approximate surface area is 170 Å². The topological polar surface area (TPSA) is 43.8 Å². The van der Waals surface area contributed by atoms with E-state index in [0.29, 0.717) is 18.5 Å². The van der Waals surface area contributed by atoms with Gasteiger partial charge in [0, 0.05) is 42.7 Å². The molecular weight excluding hydrogens is 367 g/mol. The van der Waals surface area contributed by atoms with Crippen molar-refractivity contribution in [3.05, 3.63) is 65.0 Å². The number of hydrogen-bond acceptors (Lipinski definition) is 3. The van der Waals surface area contributed by atoms with Crippen molar-refractivity contribution >= 4 is 11.6 Å². The van der Waals surface area contributed by atoms with E-state index in [2.05, 4.69) is 16.7 Å². The molecule has 1 fully saturated rings. The molecule has 2 heterocycles. The van der Waals surface area contributed by atoms with Crippen molar-refractivity contribution in [2.45, 2.75) is 31.8 Å². The van der Waals surface area contributed by atoms with Gasteiger partial charge in [-0.25, -0.2) is 4.39 Å². The van der Waals surface area contributed by atoms with E-state index in [9.17, 15) is 14.3 Å². The van der Waals surface area contributed by atoms with Gasteiger partial charge < -0.3 is 14.9 Å². The number of carbonyl (C=O) groups excluding carboxylic acids is 1.